The molecule has 0 aromatic heterocycles. The second-order valence-electron chi connectivity index (χ2n) is 15.4. The Kier molecular flexibility index (Phi) is 12.0. The summed E-state index contributed by atoms with van der Waals surface area (Å²) in [6.07, 6.45) is 0. The highest BCUT2D eigenvalue weighted by Gasteiger charge is 2.29. The van der Waals surface area contributed by atoms with Gasteiger partial charge in [-0.05, 0) is 106 Å². The lowest BCUT2D eigenvalue weighted by Gasteiger charge is -2.29. The molecule has 0 saturated heterocycles. The zero-order valence-electron chi connectivity index (χ0n) is 33.1. The highest BCUT2D eigenvalue weighted by atomic mass is 31.1. The van der Waals surface area contributed by atoms with Crippen molar-refractivity contribution in [2.24, 2.45) is 0 Å². The van der Waals surface area contributed by atoms with Crippen molar-refractivity contribution in [3.63, 3.8) is 0 Å². The van der Waals surface area contributed by atoms with E-state index in [2.05, 4.69) is 149 Å². The van der Waals surface area contributed by atoms with Gasteiger partial charge < -0.3 is 18.1 Å². The van der Waals surface area contributed by atoms with Crippen molar-refractivity contribution in [2.75, 3.05) is 0 Å². The largest absolute Gasteiger partial charge is 0.440 e. The summed E-state index contributed by atoms with van der Waals surface area (Å²) in [5.41, 5.74) is 10.7. The fraction of sp³-hybridized carbons (Fsp3) is 0.319. The van der Waals surface area contributed by atoms with Crippen LogP contribution in [0.1, 0.15) is 118 Å². The molecule has 276 valence electrons. The lowest BCUT2D eigenvalue weighted by atomic mass is 9.80. The minimum atomic E-state index is -0.247. The SMILES string of the molecule is Cc1c(C(C)C)cc(C(C)C)c(OPOc2cccc3ccccc23)c1-c1c(C)c(C(C)C)cc(C(C)C)c1OPOc1ccc(C)c2ccccc12. The van der Waals surface area contributed by atoms with Crippen molar-refractivity contribution in [3.05, 3.63) is 130 Å². The zero-order valence-corrected chi connectivity index (χ0v) is 35.1. The van der Waals surface area contributed by atoms with Crippen molar-refractivity contribution in [1.29, 1.82) is 0 Å². The molecular formula is C47H54O4P2. The minimum Gasteiger partial charge on any atom is -0.440 e. The van der Waals surface area contributed by atoms with Crippen molar-refractivity contribution in [3.8, 4) is 34.1 Å². The second-order valence-corrected chi connectivity index (χ2v) is 16.5. The third-order valence-corrected chi connectivity index (χ3v) is 11.6. The third kappa shape index (κ3) is 7.92. The molecule has 6 rings (SSSR count). The van der Waals surface area contributed by atoms with Gasteiger partial charge in [-0.3, -0.25) is 0 Å². The molecule has 4 nitrogen and oxygen atoms in total. The summed E-state index contributed by atoms with van der Waals surface area (Å²) >= 11 is 0. The highest BCUT2D eigenvalue weighted by molar-refractivity contribution is 7.27. The van der Waals surface area contributed by atoms with Gasteiger partial charge in [0.05, 0.1) is 0 Å². The number of fused-ring (bicyclic) bond motifs is 2. The summed E-state index contributed by atoms with van der Waals surface area (Å²) in [4.78, 5) is 0. The molecule has 0 radical (unpaired) electrons. The Morgan fingerprint density at radius 1 is 0.415 bits per heavy atom. The van der Waals surface area contributed by atoms with Crippen LogP contribution in [0.5, 0.6) is 23.0 Å². The smallest absolute Gasteiger partial charge is 0.275 e. The van der Waals surface area contributed by atoms with Gasteiger partial charge in [0.1, 0.15) is 23.0 Å². The first-order valence-corrected chi connectivity index (χ1v) is 20.5. The van der Waals surface area contributed by atoms with E-state index in [9.17, 15) is 0 Å². The number of aryl methyl sites for hydroxylation is 1. The van der Waals surface area contributed by atoms with E-state index in [4.69, 9.17) is 18.1 Å². The quantitative estimate of drug-likeness (QED) is 0.110. The van der Waals surface area contributed by atoms with Crippen LogP contribution in [0.3, 0.4) is 0 Å². The molecule has 6 aromatic rings. The molecule has 0 fully saturated rings. The summed E-state index contributed by atoms with van der Waals surface area (Å²) in [6.45, 7) is 24.7. The normalized spacial score (nSPS) is 12.2. The van der Waals surface area contributed by atoms with E-state index in [0.29, 0.717) is 11.8 Å². The number of hydrogen-bond acceptors (Lipinski definition) is 4. The van der Waals surface area contributed by atoms with Crippen molar-refractivity contribution < 1.29 is 18.1 Å². The lowest BCUT2D eigenvalue weighted by molar-refractivity contribution is 0.507. The topological polar surface area (TPSA) is 36.9 Å². The van der Waals surface area contributed by atoms with Gasteiger partial charge in [0.15, 0.2) is 0 Å². The van der Waals surface area contributed by atoms with E-state index < -0.39 is 0 Å². The average molecular weight is 745 g/mol. The van der Waals surface area contributed by atoms with Crippen molar-refractivity contribution in [1.82, 2.24) is 0 Å². The summed E-state index contributed by atoms with van der Waals surface area (Å²) in [5, 5.41) is 4.48. The summed E-state index contributed by atoms with van der Waals surface area (Å²) < 4.78 is 26.8. The fourth-order valence-electron chi connectivity index (χ4n) is 7.49. The Bertz CT molecular complexity index is 2250. The molecule has 0 aliphatic heterocycles. The van der Waals surface area contributed by atoms with E-state index in [0.717, 1.165) is 50.3 Å². The molecular weight excluding hydrogens is 690 g/mol. The predicted octanol–water partition coefficient (Wildman–Crippen LogP) is 15.0. The van der Waals surface area contributed by atoms with Crippen LogP contribution in [-0.2, 0) is 0 Å². The van der Waals surface area contributed by atoms with Gasteiger partial charge >= 0.3 is 0 Å². The van der Waals surface area contributed by atoms with Gasteiger partial charge in [0, 0.05) is 21.9 Å². The maximum absolute atomic E-state index is 6.94. The van der Waals surface area contributed by atoms with E-state index in [1.54, 1.807) is 0 Å². The molecule has 0 heterocycles. The van der Waals surface area contributed by atoms with Crippen LogP contribution in [0.15, 0.2) is 91.0 Å². The van der Waals surface area contributed by atoms with Crippen molar-refractivity contribution >= 4 is 39.6 Å². The van der Waals surface area contributed by atoms with E-state index in [1.165, 1.54) is 44.3 Å². The number of rotatable bonds is 13. The predicted molar refractivity (Wildman–Crippen MR) is 229 cm³/mol. The van der Waals surface area contributed by atoms with Gasteiger partial charge in [-0.25, -0.2) is 0 Å². The van der Waals surface area contributed by atoms with Crippen LogP contribution in [0.25, 0.3) is 32.7 Å². The molecule has 0 amide bonds. The van der Waals surface area contributed by atoms with Crippen LogP contribution >= 0.6 is 18.1 Å². The molecule has 2 atom stereocenters. The molecule has 53 heavy (non-hydrogen) atoms. The Morgan fingerprint density at radius 3 is 1.36 bits per heavy atom. The van der Waals surface area contributed by atoms with Gasteiger partial charge in [-0.1, -0.05) is 134 Å². The first-order chi connectivity index (χ1) is 25.4. The van der Waals surface area contributed by atoms with Crippen LogP contribution in [-0.4, -0.2) is 0 Å². The minimum absolute atomic E-state index is 0.214. The first kappa shape index (κ1) is 38.6. The van der Waals surface area contributed by atoms with Crippen LogP contribution in [0.2, 0.25) is 0 Å². The van der Waals surface area contributed by atoms with E-state index in [1.807, 2.05) is 18.2 Å². The zero-order chi connectivity index (χ0) is 38.0. The Labute approximate surface area is 320 Å². The first-order valence-electron chi connectivity index (χ1n) is 18.9. The molecule has 0 spiro atoms. The summed E-state index contributed by atoms with van der Waals surface area (Å²) in [6, 6.07) is 31.8. The maximum Gasteiger partial charge on any atom is 0.275 e. The Balaban J connectivity index is 1.51. The van der Waals surface area contributed by atoms with Gasteiger partial charge in [0.25, 0.3) is 18.1 Å². The molecule has 0 bridgehead atoms. The number of benzene rings is 6. The number of hydrogen-bond donors (Lipinski definition) is 0. The maximum atomic E-state index is 6.94. The van der Waals surface area contributed by atoms with Gasteiger partial charge in [-0.2, -0.15) is 0 Å². The van der Waals surface area contributed by atoms with Crippen LogP contribution in [0, 0.1) is 20.8 Å². The van der Waals surface area contributed by atoms with Gasteiger partial charge in [-0.15, -0.1) is 0 Å². The Morgan fingerprint density at radius 2 is 0.849 bits per heavy atom. The van der Waals surface area contributed by atoms with E-state index in [-0.39, 0.29) is 29.9 Å². The second kappa shape index (κ2) is 16.5. The van der Waals surface area contributed by atoms with Crippen LogP contribution in [0.4, 0.5) is 0 Å². The van der Waals surface area contributed by atoms with Gasteiger partial charge in [0.2, 0.25) is 0 Å². The Hall–Kier alpha value is -4.10. The standard InChI is InChI=1S/C47H54O4P2/c1-27(2)38-25-40(29(5)6)46(50-52-48-42-22-16-18-34-17-12-13-20-36(34)42)44(32(38)10)45-33(11)39(28(3)4)26-41(30(7)8)47(45)51-53-49-43-24-23-31(9)35-19-14-15-21-37(35)43/h12-30,52-53H,1-11H3. The molecule has 0 aliphatic rings. The summed E-state index contributed by atoms with van der Waals surface area (Å²) in [7, 11) is -0.492. The molecule has 0 N–H and O–H groups in total. The highest BCUT2D eigenvalue weighted by Crippen LogP contribution is 2.53. The average Bonchev–Trinajstić information content (AvgIpc) is 3.13. The van der Waals surface area contributed by atoms with Crippen molar-refractivity contribution in [2.45, 2.75) is 99.8 Å². The fourth-order valence-corrected chi connectivity index (χ4v) is 8.72. The third-order valence-electron chi connectivity index (χ3n) is 10.4. The van der Waals surface area contributed by atoms with Crippen LogP contribution < -0.4 is 18.1 Å². The summed E-state index contributed by atoms with van der Waals surface area (Å²) in [5.74, 6) is 4.42. The molecule has 0 aliphatic carbocycles. The molecule has 2 unspecified atom stereocenters. The molecule has 6 heteroatoms. The lowest BCUT2D eigenvalue weighted by Crippen LogP contribution is -2.08. The molecule has 6 aromatic carbocycles. The monoisotopic (exact) mass is 744 g/mol. The van der Waals surface area contributed by atoms with E-state index >= 15 is 0 Å². The molecule has 0 saturated carbocycles.